The highest BCUT2D eigenvalue weighted by atomic mass is 16.3. The van der Waals surface area contributed by atoms with Crippen LogP contribution in [-0.4, -0.2) is 29.0 Å². The minimum absolute atomic E-state index is 0.358. The van der Waals surface area contributed by atoms with Gasteiger partial charge in [0.15, 0.2) is 0 Å². The fourth-order valence-electron chi connectivity index (χ4n) is 3.33. The first-order chi connectivity index (χ1) is 11.2. The number of aromatic nitrogens is 1. The zero-order valence-electron chi connectivity index (χ0n) is 14.2. The van der Waals surface area contributed by atoms with Crippen molar-refractivity contribution >= 4 is 0 Å². The molecule has 1 saturated heterocycles. The Balaban J connectivity index is 1.51. The molecule has 1 N–H and O–H groups in total. The van der Waals surface area contributed by atoms with Gasteiger partial charge in [0, 0.05) is 31.4 Å². The first-order valence-corrected chi connectivity index (χ1v) is 8.68. The van der Waals surface area contributed by atoms with Gasteiger partial charge in [0.2, 0.25) is 0 Å². The summed E-state index contributed by atoms with van der Waals surface area (Å²) in [4.78, 5) is 7.03. The van der Waals surface area contributed by atoms with Crippen molar-refractivity contribution in [2.45, 2.75) is 51.7 Å². The minimum atomic E-state index is 0.358. The zero-order valence-corrected chi connectivity index (χ0v) is 14.2. The largest absolute Gasteiger partial charge is 0.468 e. The third-order valence-corrected chi connectivity index (χ3v) is 4.69. The molecule has 3 heterocycles. The van der Waals surface area contributed by atoms with Crippen LogP contribution in [0.25, 0.3) is 0 Å². The van der Waals surface area contributed by atoms with Gasteiger partial charge in [-0.3, -0.25) is 9.88 Å². The van der Waals surface area contributed by atoms with E-state index in [4.69, 9.17) is 4.42 Å². The van der Waals surface area contributed by atoms with E-state index in [9.17, 15) is 0 Å². The second-order valence-corrected chi connectivity index (χ2v) is 6.52. The van der Waals surface area contributed by atoms with Gasteiger partial charge in [0.05, 0.1) is 18.5 Å². The summed E-state index contributed by atoms with van der Waals surface area (Å²) in [6, 6.07) is 9.22. The maximum Gasteiger partial charge on any atom is 0.117 e. The summed E-state index contributed by atoms with van der Waals surface area (Å²) < 4.78 is 5.45. The van der Waals surface area contributed by atoms with E-state index in [1.54, 1.807) is 6.26 Å². The Labute approximate surface area is 138 Å². The predicted molar refractivity (Wildman–Crippen MR) is 92.1 cm³/mol. The van der Waals surface area contributed by atoms with Gasteiger partial charge in [-0.2, -0.15) is 0 Å². The first kappa shape index (κ1) is 16.2. The molecule has 0 aromatic carbocycles. The third kappa shape index (κ3) is 4.43. The minimum Gasteiger partial charge on any atom is -0.468 e. The van der Waals surface area contributed by atoms with Crippen LogP contribution in [0.4, 0.5) is 0 Å². The van der Waals surface area contributed by atoms with Crippen LogP contribution in [0.2, 0.25) is 0 Å². The van der Waals surface area contributed by atoms with Crippen LogP contribution in [0.5, 0.6) is 0 Å². The zero-order chi connectivity index (χ0) is 16.1. The van der Waals surface area contributed by atoms with E-state index in [1.165, 1.54) is 24.1 Å². The smallest absolute Gasteiger partial charge is 0.117 e. The van der Waals surface area contributed by atoms with Crippen LogP contribution in [-0.2, 0) is 6.54 Å². The number of piperidine rings is 1. The summed E-state index contributed by atoms with van der Waals surface area (Å²) in [5, 5.41) is 3.82. The van der Waals surface area contributed by atoms with Crippen molar-refractivity contribution in [1.82, 2.24) is 15.2 Å². The highest BCUT2D eigenvalue weighted by Gasteiger charge is 2.22. The van der Waals surface area contributed by atoms with Crippen molar-refractivity contribution in [3.05, 3.63) is 53.7 Å². The van der Waals surface area contributed by atoms with Gasteiger partial charge >= 0.3 is 0 Å². The molecule has 2 aromatic heterocycles. The maximum absolute atomic E-state index is 5.45. The lowest BCUT2D eigenvalue weighted by molar-refractivity contribution is 0.172. The monoisotopic (exact) mass is 313 g/mol. The quantitative estimate of drug-likeness (QED) is 0.883. The summed E-state index contributed by atoms with van der Waals surface area (Å²) in [5.41, 5.74) is 2.45. The van der Waals surface area contributed by atoms with E-state index in [1.807, 2.05) is 12.3 Å². The first-order valence-electron chi connectivity index (χ1n) is 8.68. The summed E-state index contributed by atoms with van der Waals surface area (Å²) in [6.45, 7) is 7.53. The van der Waals surface area contributed by atoms with Crippen LogP contribution in [0.15, 0.2) is 41.1 Å². The number of aryl methyl sites for hydroxylation is 1. The Morgan fingerprint density at radius 3 is 2.83 bits per heavy atom. The van der Waals surface area contributed by atoms with E-state index in [-0.39, 0.29) is 0 Å². The molecule has 2 aromatic rings. The van der Waals surface area contributed by atoms with E-state index >= 15 is 0 Å². The molecule has 1 aliphatic rings. The highest BCUT2D eigenvalue weighted by Crippen LogP contribution is 2.20. The van der Waals surface area contributed by atoms with E-state index in [0.717, 1.165) is 31.8 Å². The van der Waals surface area contributed by atoms with Gasteiger partial charge < -0.3 is 9.73 Å². The molecule has 23 heavy (non-hydrogen) atoms. The van der Waals surface area contributed by atoms with Crippen molar-refractivity contribution in [2.24, 2.45) is 0 Å². The average Bonchev–Trinajstić information content (AvgIpc) is 3.07. The molecule has 0 amide bonds. The average molecular weight is 313 g/mol. The van der Waals surface area contributed by atoms with Crippen molar-refractivity contribution < 1.29 is 4.42 Å². The van der Waals surface area contributed by atoms with E-state index in [2.05, 4.69) is 47.2 Å². The molecule has 0 spiro atoms. The number of nitrogens with one attached hydrogen (secondary N) is 1. The standard InChI is InChI=1S/C19H27N3O/c1-3-18(19-13-15(2)6-9-20-19)21-16-7-10-22(11-8-16)14-17-5-4-12-23-17/h4-6,9,12-13,16,18,21H,3,7-8,10-11,14H2,1-2H3/t18-/m0/s1. The number of hydrogen-bond donors (Lipinski definition) is 1. The molecule has 0 aliphatic carbocycles. The third-order valence-electron chi connectivity index (χ3n) is 4.69. The van der Waals surface area contributed by atoms with Crippen molar-refractivity contribution in [1.29, 1.82) is 0 Å². The van der Waals surface area contributed by atoms with E-state index < -0.39 is 0 Å². The molecule has 4 heteroatoms. The van der Waals surface area contributed by atoms with Crippen LogP contribution >= 0.6 is 0 Å². The molecule has 3 rings (SSSR count). The maximum atomic E-state index is 5.45. The van der Waals surface area contributed by atoms with Gasteiger partial charge in [-0.15, -0.1) is 0 Å². The van der Waals surface area contributed by atoms with Crippen LogP contribution in [0.1, 0.15) is 49.2 Å². The molecule has 0 unspecified atom stereocenters. The normalized spacial score (nSPS) is 18.2. The summed E-state index contributed by atoms with van der Waals surface area (Å²) in [5.74, 6) is 1.06. The van der Waals surface area contributed by atoms with E-state index in [0.29, 0.717) is 12.1 Å². The molecular weight excluding hydrogens is 286 g/mol. The molecule has 0 bridgehead atoms. The second kappa shape index (κ2) is 7.75. The van der Waals surface area contributed by atoms with Gasteiger partial charge in [-0.1, -0.05) is 6.92 Å². The topological polar surface area (TPSA) is 41.3 Å². The Morgan fingerprint density at radius 2 is 2.17 bits per heavy atom. The lowest BCUT2D eigenvalue weighted by atomic mass is 10.0. The summed E-state index contributed by atoms with van der Waals surface area (Å²) in [7, 11) is 0. The highest BCUT2D eigenvalue weighted by molar-refractivity contribution is 5.17. The number of furan rings is 1. The molecular formula is C19H27N3O. The number of rotatable bonds is 6. The molecule has 4 nitrogen and oxygen atoms in total. The van der Waals surface area contributed by atoms with Crippen molar-refractivity contribution in [2.75, 3.05) is 13.1 Å². The SMILES string of the molecule is CC[C@H](NC1CCN(Cc2ccco2)CC1)c1cc(C)ccn1. The molecule has 0 saturated carbocycles. The Bertz CT molecular complexity index is 588. The lowest BCUT2D eigenvalue weighted by Crippen LogP contribution is -2.43. The number of pyridine rings is 1. The molecule has 1 atom stereocenters. The Kier molecular flexibility index (Phi) is 5.47. The lowest BCUT2D eigenvalue weighted by Gasteiger charge is -2.34. The fraction of sp³-hybridized carbons (Fsp3) is 0.526. The molecule has 124 valence electrons. The van der Waals surface area contributed by atoms with Gasteiger partial charge in [-0.05, 0) is 56.0 Å². The van der Waals surface area contributed by atoms with Gasteiger partial charge in [-0.25, -0.2) is 0 Å². The van der Waals surface area contributed by atoms with Gasteiger partial charge in [0.25, 0.3) is 0 Å². The Morgan fingerprint density at radius 1 is 1.35 bits per heavy atom. The molecule has 1 fully saturated rings. The van der Waals surface area contributed by atoms with Crippen molar-refractivity contribution in [3.8, 4) is 0 Å². The number of likely N-dealkylation sites (tertiary alicyclic amines) is 1. The van der Waals surface area contributed by atoms with Crippen molar-refractivity contribution in [3.63, 3.8) is 0 Å². The van der Waals surface area contributed by atoms with Crippen LogP contribution in [0, 0.1) is 6.92 Å². The number of nitrogens with zero attached hydrogens (tertiary/aromatic N) is 2. The van der Waals surface area contributed by atoms with Gasteiger partial charge in [0.1, 0.15) is 5.76 Å². The molecule has 1 aliphatic heterocycles. The summed E-state index contributed by atoms with van der Waals surface area (Å²) in [6.07, 6.45) is 7.11. The van der Waals surface area contributed by atoms with Crippen LogP contribution < -0.4 is 5.32 Å². The second-order valence-electron chi connectivity index (χ2n) is 6.52. The predicted octanol–water partition coefficient (Wildman–Crippen LogP) is 3.69. The molecule has 0 radical (unpaired) electrons. The summed E-state index contributed by atoms with van der Waals surface area (Å²) >= 11 is 0. The Hall–Kier alpha value is -1.65. The van der Waals surface area contributed by atoms with Crippen LogP contribution in [0.3, 0.4) is 0 Å². The number of hydrogen-bond acceptors (Lipinski definition) is 4. The fourth-order valence-corrected chi connectivity index (χ4v) is 3.33.